The Morgan fingerprint density at radius 2 is 1.91 bits per heavy atom. The van der Waals surface area contributed by atoms with Crippen molar-refractivity contribution in [3.8, 4) is 5.75 Å². The van der Waals surface area contributed by atoms with Crippen molar-refractivity contribution in [2.75, 3.05) is 6.61 Å². The zero-order valence-electron chi connectivity index (χ0n) is 11.8. The predicted octanol–water partition coefficient (Wildman–Crippen LogP) is 3.87. The molecule has 2 aromatic carbocycles. The van der Waals surface area contributed by atoms with Gasteiger partial charge in [0.15, 0.2) is 6.61 Å². The highest BCUT2D eigenvalue weighted by Crippen LogP contribution is 2.18. The van der Waals surface area contributed by atoms with Gasteiger partial charge in [-0.05, 0) is 37.3 Å². The number of benzene rings is 2. The Hall–Kier alpha value is -2.14. The molecule has 1 amide bonds. The minimum Gasteiger partial charge on any atom is -0.484 e. The number of carbonyl (C=O) groups is 1. The van der Waals surface area contributed by atoms with E-state index in [4.69, 9.17) is 16.3 Å². The predicted molar refractivity (Wildman–Crippen MR) is 79.9 cm³/mol. The molecule has 0 heterocycles. The summed E-state index contributed by atoms with van der Waals surface area (Å²) < 4.78 is 31.7. The van der Waals surface area contributed by atoms with Crippen molar-refractivity contribution in [3.05, 3.63) is 64.7 Å². The van der Waals surface area contributed by atoms with Gasteiger partial charge in [0.25, 0.3) is 5.91 Å². The van der Waals surface area contributed by atoms with Crippen molar-refractivity contribution in [3.63, 3.8) is 0 Å². The number of amides is 1. The Morgan fingerprint density at radius 1 is 1.23 bits per heavy atom. The van der Waals surface area contributed by atoms with Gasteiger partial charge in [0.2, 0.25) is 0 Å². The minimum atomic E-state index is -0.702. The summed E-state index contributed by atoms with van der Waals surface area (Å²) in [6.45, 7) is 1.39. The SMILES string of the molecule is C[C@@H](NC(=O)COc1ccc(Cl)cc1)c1ccc(F)cc1F. The van der Waals surface area contributed by atoms with Crippen molar-refractivity contribution in [2.45, 2.75) is 13.0 Å². The number of rotatable bonds is 5. The lowest BCUT2D eigenvalue weighted by Crippen LogP contribution is -2.31. The fraction of sp³-hybridized carbons (Fsp3) is 0.188. The molecule has 0 fully saturated rings. The van der Waals surface area contributed by atoms with Crippen LogP contribution in [0.3, 0.4) is 0 Å². The Kier molecular flexibility index (Phi) is 5.33. The van der Waals surface area contributed by atoms with Gasteiger partial charge in [-0.3, -0.25) is 4.79 Å². The fourth-order valence-corrected chi connectivity index (χ4v) is 2.02. The Bertz CT molecular complexity index is 662. The first-order valence-corrected chi connectivity index (χ1v) is 6.96. The van der Waals surface area contributed by atoms with Crippen molar-refractivity contribution in [1.29, 1.82) is 0 Å². The molecule has 6 heteroatoms. The van der Waals surface area contributed by atoms with Gasteiger partial charge in [0, 0.05) is 16.7 Å². The summed E-state index contributed by atoms with van der Waals surface area (Å²) in [5.74, 6) is -1.27. The van der Waals surface area contributed by atoms with Gasteiger partial charge in [0.05, 0.1) is 6.04 Å². The lowest BCUT2D eigenvalue weighted by atomic mass is 10.1. The summed E-state index contributed by atoms with van der Waals surface area (Å²) in [6, 6.07) is 9.19. The highest BCUT2D eigenvalue weighted by molar-refractivity contribution is 6.30. The number of hydrogen-bond acceptors (Lipinski definition) is 2. The third-order valence-electron chi connectivity index (χ3n) is 2.99. The maximum absolute atomic E-state index is 13.6. The van der Waals surface area contributed by atoms with Crippen molar-refractivity contribution >= 4 is 17.5 Å². The first-order valence-electron chi connectivity index (χ1n) is 6.58. The molecule has 0 unspecified atom stereocenters. The largest absolute Gasteiger partial charge is 0.484 e. The van der Waals surface area contributed by atoms with Crippen LogP contribution in [0, 0.1) is 11.6 Å². The molecule has 0 bridgehead atoms. The van der Waals surface area contributed by atoms with Gasteiger partial charge in [-0.25, -0.2) is 8.78 Å². The third kappa shape index (κ3) is 4.43. The van der Waals surface area contributed by atoms with E-state index in [-0.39, 0.29) is 12.2 Å². The molecule has 2 rings (SSSR count). The second-order valence-electron chi connectivity index (χ2n) is 4.70. The number of halogens is 3. The molecule has 2 aromatic rings. The molecule has 22 heavy (non-hydrogen) atoms. The maximum atomic E-state index is 13.6. The summed E-state index contributed by atoms with van der Waals surface area (Å²) in [5, 5.41) is 3.15. The van der Waals surface area contributed by atoms with E-state index in [2.05, 4.69) is 5.32 Å². The average molecular weight is 326 g/mol. The molecule has 1 N–H and O–H groups in total. The second-order valence-corrected chi connectivity index (χ2v) is 5.13. The molecule has 3 nitrogen and oxygen atoms in total. The van der Waals surface area contributed by atoms with Crippen LogP contribution < -0.4 is 10.1 Å². The zero-order valence-corrected chi connectivity index (χ0v) is 12.5. The first-order chi connectivity index (χ1) is 10.5. The Labute approximate surface area is 131 Å². The molecule has 1 atom stereocenters. The van der Waals surface area contributed by atoms with E-state index in [9.17, 15) is 13.6 Å². The minimum absolute atomic E-state index is 0.209. The van der Waals surface area contributed by atoms with Gasteiger partial charge >= 0.3 is 0 Å². The van der Waals surface area contributed by atoms with Crippen LogP contribution in [0.5, 0.6) is 5.75 Å². The molecule has 0 saturated heterocycles. The van der Waals surface area contributed by atoms with Gasteiger partial charge in [0.1, 0.15) is 17.4 Å². The summed E-state index contributed by atoms with van der Waals surface area (Å²) in [4.78, 5) is 11.8. The molecular formula is C16H14ClF2NO2. The van der Waals surface area contributed by atoms with E-state index in [1.54, 1.807) is 31.2 Å². The molecule has 0 aromatic heterocycles. The number of carbonyl (C=O) groups excluding carboxylic acids is 1. The summed E-state index contributed by atoms with van der Waals surface area (Å²) in [5.41, 5.74) is 0.209. The quantitative estimate of drug-likeness (QED) is 0.906. The fourth-order valence-electron chi connectivity index (χ4n) is 1.89. The molecule has 0 aliphatic rings. The van der Waals surface area contributed by atoms with E-state index in [0.29, 0.717) is 10.8 Å². The number of hydrogen-bond donors (Lipinski definition) is 1. The van der Waals surface area contributed by atoms with Crippen molar-refractivity contribution in [1.82, 2.24) is 5.32 Å². The van der Waals surface area contributed by atoms with Crippen LogP contribution in [0.4, 0.5) is 8.78 Å². The van der Waals surface area contributed by atoms with Gasteiger partial charge in [-0.2, -0.15) is 0 Å². The van der Waals surface area contributed by atoms with E-state index >= 15 is 0 Å². The lowest BCUT2D eigenvalue weighted by molar-refractivity contribution is -0.123. The van der Waals surface area contributed by atoms with E-state index in [1.165, 1.54) is 6.07 Å². The van der Waals surface area contributed by atoms with E-state index < -0.39 is 23.6 Å². The van der Waals surface area contributed by atoms with Gasteiger partial charge in [-0.1, -0.05) is 17.7 Å². The van der Waals surface area contributed by atoms with Crippen LogP contribution in [0.2, 0.25) is 5.02 Å². The zero-order chi connectivity index (χ0) is 16.1. The summed E-state index contributed by atoms with van der Waals surface area (Å²) >= 11 is 5.74. The number of nitrogens with one attached hydrogen (secondary N) is 1. The Balaban J connectivity index is 1.89. The monoisotopic (exact) mass is 325 g/mol. The van der Waals surface area contributed by atoms with Crippen LogP contribution in [0.15, 0.2) is 42.5 Å². The molecule has 116 valence electrons. The van der Waals surface area contributed by atoms with Crippen molar-refractivity contribution < 1.29 is 18.3 Å². The van der Waals surface area contributed by atoms with Crippen LogP contribution in [-0.2, 0) is 4.79 Å². The smallest absolute Gasteiger partial charge is 0.258 e. The summed E-state index contributed by atoms with van der Waals surface area (Å²) in [7, 11) is 0. The van der Waals surface area contributed by atoms with Gasteiger partial charge < -0.3 is 10.1 Å². The van der Waals surface area contributed by atoms with E-state index in [1.807, 2.05) is 0 Å². The van der Waals surface area contributed by atoms with Crippen LogP contribution in [0.1, 0.15) is 18.5 Å². The lowest BCUT2D eigenvalue weighted by Gasteiger charge is -2.15. The molecule has 0 aliphatic carbocycles. The molecule has 0 saturated carbocycles. The van der Waals surface area contributed by atoms with Crippen LogP contribution >= 0.6 is 11.6 Å². The highest BCUT2D eigenvalue weighted by Gasteiger charge is 2.14. The maximum Gasteiger partial charge on any atom is 0.258 e. The second kappa shape index (κ2) is 7.22. The Morgan fingerprint density at radius 3 is 2.55 bits per heavy atom. The third-order valence-corrected chi connectivity index (χ3v) is 3.24. The topological polar surface area (TPSA) is 38.3 Å². The normalized spacial score (nSPS) is 11.8. The molecule has 0 spiro atoms. The standard InChI is InChI=1S/C16H14ClF2NO2/c1-10(14-7-4-12(18)8-15(14)19)20-16(21)9-22-13-5-2-11(17)3-6-13/h2-8,10H,9H2,1H3,(H,20,21)/t10-/m1/s1. The molecular weight excluding hydrogens is 312 g/mol. The van der Waals surface area contributed by atoms with Gasteiger partial charge in [-0.15, -0.1) is 0 Å². The average Bonchev–Trinajstić information content (AvgIpc) is 2.46. The summed E-state index contributed by atoms with van der Waals surface area (Å²) in [6.07, 6.45) is 0. The van der Waals surface area contributed by atoms with E-state index in [0.717, 1.165) is 12.1 Å². The van der Waals surface area contributed by atoms with Crippen LogP contribution in [-0.4, -0.2) is 12.5 Å². The highest BCUT2D eigenvalue weighted by atomic mass is 35.5. The number of ether oxygens (including phenoxy) is 1. The first kappa shape index (κ1) is 16.2. The molecule has 0 radical (unpaired) electrons. The van der Waals surface area contributed by atoms with Crippen molar-refractivity contribution in [2.24, 2.45) is 0 Å². The molecule has 0 aliphatic heterocycles. The van der Waals surface area contributed by atoms with Crippen LogP contribution in [0.25, 0.3) is 0 Å².